The zero-order chi connectivity index (χ0) is 19.5. The van der Waals surface area contributed by atoms with Gasteiger partial charge in [-0.1, -0.05) is 28.1 Å². The molecule has 0 saturated carbocycles. The summed E-state index contributed by atoms with van der Waals surface area (Å²) in [6, 6.07) is 16.9. The van der Waals surface area contributed by atoms with Gasteiger partial charge in [-0.15, -0.1) is 0 Å². The Hall–Kier alpha value is -1.67. The molecule has 2 heterocycles. The van der Waals surface area contributed by atoms with E-state index >= 15 is 0 Å². The van der Waals surface area contributed by atoms with E-state index in [0.717, 1.165) is 53.2 Å². The minimum absolute atomic E-state index is 0.191. The third kappa shape index (κ3) is 4.33. The summed E-state index contributed by atoms with van der Waals surface area (Å²) in [5.74, 6) is 1.79. The van der Waals surface area contributed by atoms with Crippen LogP contribution in [-0.2, 0) is 0 Å². The second kappa shape index (κ2) is 8.78. The average molecular weight is 458 g/mol. The van der Waals surface area contributed by atoms with Gasteiger partial charge < -0.3 is 5.32 Å². The molecule has 1 saturated heterocycles. The molecule has 1 aliphatic rings. The lowest BCUT2D eigenvalue weighted by molar-refractivity contribution is 0.147. The third-order valence-corrected chi connectivity index (χ3v) is 6.74. The highest BCUT2D eigenvalue weighted by atomic mass is 79.9. The second-order valence-corrected chi connectivity index (χ2v) is 8.97. The van der Waals surface area contributed by atoms with Gasteiger partial charge in [0.15, 0.2) is 0 Å². The number of hydrogen-bond acceptors (Lipinski definition) is 6. The number of nitrogens with zero attached hydrogens (tertiary/aromatic N) is 4. The van der Waals surface area contributed by atoms with Gasteiger partial charge in [0.1, 0.15) is 11.6 Å². The molecule has 2 aromatic carbocycles. The number of anilines is 1. The van der Waals surface area contributed by atoms with Gasteiger partial charge in [0.05, 0.1) is 11.6 Å². The van der Waals surface area contributed by atoms with Crippen LogP contribution in [0.4, 0.5) is 5.82 Å². The number of aromatic nitrogens is 2. The Labute approximate surface area is 178 Å². The molecule has 1 aromatic heterocycles. The molecule has 0 bridgehead atoms. The zero-order valence-electron chi connectivity index (χ0n) is 16.1. The van der Waals surface area contributed by atoms with Gasteiger partial charge in [0.25, 0.3) is 0 Å². The van der Waals surface area contributed by atoms with Crippen LogP contribution < -0.4 is 5.32 Å². The molecule has 1 aliphatic heterocycles. The zero-order valence-corrected chi connectivity index (χ0v) is 18.5. The predicted molar refractivity (Wildman–Crippen MR) is 121 cm³/mol. The summed E-state index contributed by atoms with van der Waals surface area (Å²) in [6.45, 7) is 6.28. The molecule has 0 radical (unpaired) electrons. The Morgan fingerprint density at radius 2 is 1.71 bits per heavy atom. The lowest BCUT2D eigenvalue weighted by atomic mass is 10.2. The Morgan fingerprint density at radius 1 is 1.00 bits per heavy atom. The topological polar surface area (TPSA) is 44.3 Å². The van der Waals surface area contributed by atoms with Crippen LogP contribution in [-0.4, -0.2) is 52.4 Å². The molecule has 1 fully saturated rings. The van der Waals surface area contributed by atoms with E-state index in [9.17, 15) is 0 Å². The number of piperazine rings is 1. The number of hydrogen-bond donors (Lipinski definition) is 1. The van der Waals surface area contributed by atoms with Crippen molar-refractivity contribution in [2.45, 2.75) is 17.9 Å². The summed E-state index contributed by atoms with van der Waals surface area (Å²) in [5.41, 5.74) is 0.994. The van der Waals surface area contributed by atoms with E-state index in [1.165, 1.54) is 4.90 Å². The monoisotopic (exact) mass is 457 g/mol. The first kappa shape index (κ1) is 19.6. The van der Waals surface area contributed by atoms with Crippen LogP contribution in [0, 0.1) is 0 Å². The van der Waals surface area contributed by atoms with E-state index in [1.54, 1.807) is 0 Å². The number of para-hydroxylation sites is 1. The van der Waals surface area contributed by atoms with Crippen molar-refractivity contribution in [1.82, 2.24) is 19.2 Å². The molecule has 3 aromatic rings. The first-order chi connectivity index (χ1) is 13.6. The van der Waals surface area contributed by atoms with E-state index < -0.39 is 0 Å². The molecule has 0 aliphatic carbocycles. The molecule has 146 valence electrons. The van der Waals surface area contributed by atoms with Crippen LogP contribution in [0.2, 0.25) is 0 Å². The molecule has 0 spiro atoms. The highest BCUT2D eigenvalue weighted by Gasteiger charge is 2.25. The van der Waals surface area contributed by atoms with Gasteiger partial charge in [0, 0.05) is 48.0 Å². The van der Waals surface area contributed by atoms with Crippen molar-refractivity contribution < 1.29 is 0 Å². The van der Waals surface area contributed by atoms with Crippen LogP contribution in [0.1, 0.15) is 18.8 Å². The van der Waals surface area contributed by atoms with E-state index in [1.807, 2.05) is 31.1 Å². The van der Waals surface area contributed by atoms with Gasteiger partial charge >= 0.3 is 0 Å². The van der Waals surface area contributed by atoms with E-state index in [4.69, 9.17) is 9.97 Å². The van der Waals surface area contributed by atoms with Gasteiger partial charge in [-0.3, -0.25) is 4.90 Å². The summed E-state index contributed by atoms with van der Waals surface area (Å²) in [4.78, 5) is 13.4. The average Bonchev–Trinajstić information content (AvgIpc) is 2.74. The summed E-state index contributed by atoms with van der Waals surface area (Å²) < 4.78 is 3.55. The molecular formula is C21H24BrN5S. The first-order valence-corrected chi connectivity index (χ1v) is 11.1. The van der Waals surface area contributed by atoms with Crippen LogP contribution in [0.25, 0.3) is 10.9 Å². The summed E-state index contributed by atoms with van der Waals surface area (Å²) >= 11 is 5.33. The summed E-state index contributed by atoms with van der Waals surface area (Å²) in [5, 5.41) is 4.29. The number of benzene rings is 2. The highest BCUT2D eigenvalue weighted by Crippen LogP contribution is 2.29. The Kier molecular flexibility index (Phi) is 6.16. The van der Waals surface area contributed by atoms with Crippen molar-refractivity contribution in [3.63, 3.8) is 0 Å². The van der Waals surface area contributed by atoms with E-state index in [-0.39, 0.29) is 6.04 Å². The molecule has 28 heavy (non-hydrogen) atoms. The summed E-state index contributed by atoms with van der Waals surface area (Å²) in [7, 11) is 1.92. The Balaban J connectivity index is 1.43. The Morgan fingerprint density at radius 3 is 2.43 bits per heavy atom. The number of nitrogens with one attached hydrogen (secondary N) is 1. The predicted octanol–water partition coefficient (Wildman–Crippen LogP) is 4.82. The maximum Gasteiger partial charge on any atom is 0.148 e. The van der Waals surface area contributed by atoms with Crippen LogP contribution in [0.5, 0.6) is 0 Å². The van der Waals surface area contributed by atoms with E-state index in [0.29, 0.717) is 0 Å². The minimum atomic E-state index is 0.191. The van der Waals surface area contributed by atoms with Gasteiger partial charge in [-0.05, 0) is 55.3 Å². The molecule has 1 atom stereocenters. The standard InChI is InChI=1S/C21H24BrN5S/c1-15(20-24-19-6-4-3-5-18(19)21(23-2)25-20)26-11-13-27(14-12-26)28-17-9-7-16(22)8-10-17/h3-10,15H,11-14H2,1-2H3,(H,23,24,25). The third-order valence-electron chi connectivity index (χ3n) is 5.10. The smallest absolute Gasteiger partial charge is 0.148 e. The van der Waals surface area contributed by atoms with Crippen molar-refractivity contribution in [3.05, 3.63) is 58.8 Å². The van der Waals surface area contributed by atoms with Crippen molar-refractivity contribution in [2.24, 2.45) is 0 Å². The Bertz CT molecular complexity index is 941. The maximum atomic E-state index is 4.84. The molecule has 1 N–H and O–H groups in total. The lowest BCUT2D eigenvalue weighted by Gasteiger charge is -2.36. The van der Waals surface area contributed by atoms with Crippen molar-refractivity contribution in [1.29, 1.82) is 0 Å². The molecule has 5 nitrogen and oxygen atoms in total. The number of rotatable bonds is 5. The second-order valence-electron chi connectivity index (χ2n) is 6.88. The largest absolute Gasteiger partial charge is 0.373 e. The normalized spacial score (nSPS) is 17.0. The highest BCUT2D eigenvalue weighted by molar-refractivity contribution is 9.10. The summed E-state index contributed by atoms with van der Waals surface area (Å²) in [6.07, 6.45) is 0. The van der Waals surface area contributed by atoms with Crippen LogP contribution in [0.15, 0.2) is 57.9 Å². The molecular weight excluding hydrogens is 434 g/mol. The molecule has 0 amide bonds. The molecule has 7 heteroatoms. The van der Waals surface area contributed by atoms with Crippen LogP contribution >= 0.6 is 27.9 Å². The van der Waals surface area contributed by atoms with Crippen molar-refractivity contribution in [3.8, 4) is 0 Å². The van der Waals surface area contributed by atoms with Crippen LogP contribution in [0.3, 0.4) is 0 Å². The maximum absolute atomic E-state index is 4.84. The quantitative estimate of drug-likeness (QED) is 0.554. The molecule has 1 unspecified atom stereocenters. The van der Waals surface area contributed by atoms with Crippen molar-refractivity contribution >= 4 is 44.6 Å². The fourth-order valence-corrected chi connectivity index (χ4v) is 4.63. The van der Waals surface area contributed by atoms with Gasteiger partial charge in [-0.25, -0.2) is 14.3 Å². The lowest BCUT2D eigenvalue weighted by Crippen LogP contribution is -2.44. The van der Waals surface area contributed by atoms with E-state index in [2.05, 4.69) is 73.8 Å². The fraction of sp³-hybridized carbons (Fsp3) is 0.333. The molecule has 4 rings (SSSR count). The minimum Gasteiger partial charge on any atom is -0.373 e. The van der Waals surface area contributed by atoms with Gasteiger partial charge in [-0.2, -0.15) is 0 Å². The number of fused-ring (bicyclic) bond motifs is 1. The number of halogens is 1. The first-order valence-electron chi connectivity index (χ1n) is 9.51. The fourth-order valence-electron chi connectivity index (χ4n) is 3.46. The van der Waals surface area contributed by atoms with Gasteiger partial charge in [0.2, 0.25) is 0 Å². The SMILES string of the molecule is CNc1nc(C(C)N2CCN(Sc3ccc(Br)cc3)CC2)nc2ccccc12. The van der Waals surface area contributed by atoms with Crippen molar-refractivity contribution in [2.75, 3.05) is 38.5 Å².